The van der Waals surface area contributed by atoms with Gasteiger partial charge in [-0.25, -0.2) is 4.79 Å². The summed E-state index contributed by atoms with van der Waals surface area (Å²) in [4.78, 5) is 25.2. The van der Waals surface area contributed by atoms with Crippen molar-refractivity contribution in [3.63, 3.8) is 0 Å². The SMILES string of the molecule is C=C(C)/C=C\C1(CCc2ccccc2)OC2=C(C(=O)CCC2)c2ccc(C(=O)OC)cc21. The summed E-state index contributed by atoms with van der Waals surface area (Å²) in [6, 6.07) is 15.7. The molecule has 0 saturated carbocycles. The average molecular weight is 429 g/mol. The summed E-state index contributed by atoms with van der Waals surface area (Å²) < 4.78 is 11.7. The lowest BCUT2D eigenvalue weighted by atomic mass is 9.76. The number of hydrogen-bond acceptors (Lipinski definition) is 4. The summed E-state index contributed by atoms with van der Waals surface area (Å²) >= 11 is 0. The van der Waals surface area contributed by atoms with Crippen LogP contribution in [0.5, 0.6) is 0 Å². The van der Waals surface area contributed by atoms with Crippen LogP contribution in [0.15, 0.2) is 78.6 Å². The number of carbonyl (C=O) groups is 2. The summed E-state index contributed by atoms with van der Waals surface area (Å²) in [7, 11) is 1.37. The predicted molar refractivity (Wildman–Crippen MR) is 125 cm³/mol. The number of carbonyl (C=O) groups excluding carboxylic acids is 2. The second-order valence-corrected chi connectivity index (χ2v) is 8.48. The van der Waals surface area contributed by atoms with Gasteiger partial charge in [-0.2, -0.15) is 0 Å². The first-order valence-electron chi connectivity index (χ1n) is 11.0. The van der Waals surface area contributed by atoms with E-state index in [2.05, 4.69) is 18.7 Å². The van der Waals surface area contributed by atoms with Crippen LogP contribution in [0, 0.1) is 0 Å². The molecule has 2 aromatic rings. The van der Waals surface area contributed by atoms with Crippen LogP contribution in [0.3, 0.4) is 0 Å². The number of ketones is 1. The molecule has 1 aliphatic carbocycles. The fourth-order valence-electron chi connectivity index (χ4n) is 4.49. The van der Waals surface area contributed by atoms with Crippen molar-refractivity contribution in [3.8, 4) is 0 Å². The number of rotatable bonds is 6. The van der Waals surface area contributed by atoms with Gasteiger partial charge >= 0.3 is 5.97 Å². The molecular formula is C28H28O4. The second kappa shape index (κ2) is 8.99. The van der Waals surface area contributed by atoms with Crippen LogP contribution in [0.1, 0.15) is 59.7 Å². The maximum atomic E-state index is 12.9. The van der Waals surface area contributed by atoms with E-state index >= 15 is 0 Å². The molecule has 0 N–H and O–H groups in total. The molecule has 1 heterocycles. The second-order valence-electron chi connectivity index (χ2n) is 8.48. The number of esters is 1. The number of hydrogen-bond donors (Lipinski definition) is 0. The van der Waals surface area contributed by atoms with Crippen molar-refractivity contribution in [2.75, 3.05) is 7.11 Å². The number of fused-ring (bicyclic) bond motifs is 2. The standard InChI is InChI=1S/C28H28O4/c1-19(2)14-16-28(17-15-20-8-5-4-6-9-20)23-18-21(27(30)31-3)12-13-22(23)26-24(29)10-7-11-25(26)32-28/h4-6,8-9,12-14,16,18H,1,7,10-11,15,17H2,2-3H3/b16-14-. The lowest BCUT2D eigenvalue weighted by Gasteiger charge is -2.41. The number of methoxy groups -OCH3 is 1. The van der Waals surface area contributed by atoms with Crippen LogP contribution in [0.2, 0.25) is 0 Å². The van der Waals surface area contributed by atoms with E-state index in [1.807, 2.05) is 49.4 Å². The Balaban J connectivity index is 1.89. The number of benzene rings is 2. The van der Waals surface area contributed by atoms with Crippen molar-refractivity contribution >= 4 is 17.3 Å². The van der Waals surface area contributed by atoms with E-state index < -0.39 is 11.6 Å². The fourth-order valence-corrected chi connectivity index (χ4v) is 4.49. The number of Topliss-reactive ketones (excluding diaryl/α,β-unsaturated/α-hetero) is 1. The molecule has 4 heteroatoms. The van der Waals surface area contributed by atoms with E-state index in [1.165, 1.54) is 12.7 Å². The van der Waals surface area contributed by atoms with E-state index in [4.69, 9.17) is 9.47 Å². The van der Waals surface area contributed by atoms with Crippen LogP contribution in [-0.2, 0) is 26.3 Å². The van der Waals surface area contributed by atoms with Gasteiger partial charge in [0, 0.05) is 18.4 Å². The smallest absolute Gasteiger partial charge is 0.337 e. The Morgan fingerprint density at radius 3 is 2.69 bits per heavy atom. The van der Waals surface area contributed by atoms with E-state index in [0.717, 1.165) is 41.7 Å². The molecule has 0 fully saturated rings. The quantitative estimate of drug-likeness (QED) is 0.423. The van der Waals surface area contributed by atoms with Crippen molar-refractivity contribution in [1.29, 1.82) is 0 Å². The van der Waals surface area contributed by atoms with Crippen LogP contribution >= 0.6 is 0 Å². The van der Waals surface area contributed by atoms with Gasteiger partial charge in [-0.3, -0.25) is 4.79 Å². The van der Waals surface area contributed by atoms with Crippen LogP contribution in [-0.4, -0.2) is 18.9 Å². The molecule has 4 rings (SSSR count). The molecule has 0 radical (unpaired) electrons. The van der Waals surface area contributed by atoms with Gasteiger partial charge in [0.25, 0.3) is 0 Å². The van der Waals surface area contributed by atoms with Gasteiger partial charge < -0.3 is 9.47 Å². The van der Waals surface area contributed by atoms with Crippen molar-refractivity contribution in [2.24, 2.45) is 0 Å². The van der Waals surface area contributed by atoms with E-state index in [-0.39, 0.29) is 5.78 Å². The minimum Gasteiger partial charge on any atom is -0.482 e. The molecule has 2 aliphatic rings. The van der Waals surface area contributed by atoms with Gasteiger partial charge in [0.05, 0.1) is 18.2 Å². The molecule has 0 aromatic heterocycles. The van der Waals surface area contributed by atoms with Crippen LogP contribution in [0.25, 0.3) is 5.57 Å². The zero-order chi connectivity index (χ0) is 22.7. The largest absolute Gasteiger partial charge is 0.482 e. The topological polar surface area (TPSA) is 52.6 Å². The molecular weight excluding hydrogens is 400 g/mol. The first-order chi connectivity index (χ1) is 15.4. The Labute approximate surface area is 189 Å². The monoisotopic (exact) mass is 428 g/mol. The first kappa shape index (κ1) is 21.8. The molecule has 0 amide bonds. The van der Waals surface area contributed by atoms with Crippen molar-refractivity contribution in [1.82, 2.24) is 0 Å². The summed E-state index contributed by atoms with van der Waals surface area (Å²) in [5, 5.41) is 0. The van der Waals surface area contributed by atoms with Crippen molar-refractivity contribution in [2.45, 2.75) is 44.6 Å². The van der Waals surface area contributed by atoms with E-state index in [9.17, 15) is 9.59 Å². The number of allylic oxidation sites excluding steroid dienone is 4. The molecule has 1 unspecified atom stereocenters. The predicted octanol–water partition coefficient (Wildman–Crippen LogP) is 5.93. The highest BCUT2D eigenvalue weighted by Gasteiger charge is 2.42. The molecule has 1 atom stereocenters. The third kappa shape index (κ3) is 4.18. The summed E-state index contributed by atoms with van der Waals surface area (Å²) in [6.07, 6.45) is 7.44. The van der Waals surface area contributed by atoms with Gasteiger partial charge in [-0.05, 0) is 55.5 Å². The van der Waals surface area contributed by atoms with E-state index in [0.29, 0.717) is 24.0 Å². The zero-order valence-corrected chi connectivity index (χ0v) is 18.6. The number of aryl methyl sites for hydroxylation is 1. The maximum Gasteiger partial charge on any atom is 0.337 e. The molecule has 164 valence electrons. The Bertz CT molecular complexity index is 1120. The Morgan fingerprint density at radius 2 is 1.97 bits per heavy atom. The maximum absolute atomic E-state index is 12.9. The molecule has 32 heavy (non-hydrogen) atoms. The minimum atomic E-state index is -0.815. The molecule has 4 nitrogen and oxygen atoms in total. The Morgan fingerprint density at radius 1 is 1.19 bits per heavy atom. The van der Waals surface area contributed by atoms with Gasteiger partial charge in [-0.1, -0.05) is 54.6 Å². The number of ether oxygens (including phenoxy) is 2. The minimum absolute atomic E-state index is 0.0962. The van der Waals surface area contributed by atoms with Crippen LogP contribution in [0.4, 0.5) is 0 Å². The summed E-state index contributed by atoms with van der Waals surface area (Å²) in [5.74, 6) is 0.432. The lowest BCUT2D eigenvalue weighted by Crippen LogP contribution is -2.35. The summed E-state index contributed by atoms with van der Waals surface area (Å²) in [5.41, 5.74) is 4.05. The summed E-state index contributed by atoms with van der Waals surface area (Å²) in [6.45, 7) is 5.95. The average Bonchev–Trinajstić information content (AvgIpc) is 2.81. The van der Waals surface area contributed by atoms with Gasteiger partial charge in [-0.15, -0.1) is 0 Å². The Hall–Kier alpha value is -3.40. The third-order valence-corrected chi connectivity index (χ3v) is 6.10. The fraction of sp³-hybridized carbons (Fsp3) is 0.286. The van der Waals surface area contributed by atoms with Crippen LogP contribution < -0.4 is 0 Å². The highest BCUT2D eigenvalue weighted by Crippen LogP contribution is 2.48. The third-order valence-electron chi connectivity index (χ3n) is 6.10. The first-order valence-corrected chi connectivity index (χ1v) is 11.0. The molecule has 2 aromatic carbocycles. The molecule has 0 bridgehead atoms. The van der Waals surface area contributed by atoms with Crippen molar-refractivity contribution < 1.29 is 19.1 Å². The van der Waals surface area contributed by atoms with E-state index in [1.54, 1.807) is 6.07 Å². The normalized spacial score (nSPS) is 19.9. The van der Waals surface area contributed by atoms with Gasteiger partial charge in [0.15, 0.2) is 11.4 Å². The highest BCUT2D eigenvalue weighted by molar-refractivity contribution is 6.22. The molecule has 0 spiro atoms. The van der Waals surface area contributed by atoms with Gasteiger partial charge in [0.1, 0.15) is 5.76 Å². The zero-order valence-electron chi connectivity index (χ0n) is 18.6. The Kier molecular flexibility index (Phi) is 6.13. The van der Waals surface area contributed by atoms with Crippen molar-refractivity contribution in [3.05, 3.63) is 101 Å². The highest BCUT2D eigenvalue weighted by atomic mass is 16.5. The molecule has 0 saturated heterocycles. The molecule has 1 aliphatic heterocycles. The van der Waals surface area contributed by atoms with Gasteiger partial charge in [0.2, 0.25) is 0 Å². The lowest BCUT2D eigenvalue weighted by molar-refractivity contribution is -0.114.